The average molecular weight is 338 g/mol. The van der Waals surface area contributed by atoms with Crippen molar-refractivity contribution in [3.8, 4) is 5.75 Å². The van der Waals surface area contributed by atoms with E-state index in [-0.39, 0.29) is 30.7 Å². The molecule has 0 aliphatic carbocycles. The Kier molecular flexibility index (Phi) is 10.4. The highest BCUT2D eigenvalue weighted by Gasteiger charge is 2.21. The predicted octanol–water partition coefficient (Wildman–Crippen LogP) is 2.15. The normalized spacial score (nSPS) is 10.4. The molecule has 0 saturated heterocycles. The third kappa shape index (κ3) is 8.78. The van der Waals surface area contributed by atoms with Crippen molar-refractivity contribution in [2.24, 2.45) is 5.73 Å². The van der Waals surface area contributed by atoms with Gasteiger partial charge in [-0.3, -0.25) is 4.79 Å². The van der Waals surface area contributed by atoms with Gasteiger partial charge in [-0.15, -0.1) is 24.8 Å². The molecule has 0 fully saturated rings. The Labute approximate surface area is 139 Å². The Bertz CT molecular complexity index is 434. The molecule has 0 heterocycles. The number of likely N-dealkylation sites (N-methyl/N-ethyl adjacent to an activating group) is 1. The van der Waals surface area contributed by atoms with Crippen molar-refractivity contribution in [1.29, 1.82) is 0 Å². The summed E-state index contributed by atoms with van der Waals surface area (Å²) >= 11 is 0. The van der Waals surface area contributed by atoms with Crippen molar-refractivity contribution in [2.45, 2.75) is 19.4 Å². The molecule has 0 aromatic heterocycles. The van der Waals surface area contributed by atoms with Crippen LogP contribution in [0.5, 0.6) is 5.75 Å². The van der Waals surface area contributed by atoms with Gasteiger partial charge in [0.2, 0.25) is 5.91 Å². The highest BCUT2D eigenvalue weighted by molar-refractivity contribution is 5.97. The maximum Gasteiger partial charge on any atom is 0.243 e. The molecule has 1 rings (SSSR count). The van der Waals surface area contributed by atoms with Crippen molar-refractivity contribution in [3.63, 3.8) is 0 Å². The van der Waals surface area contributed by atoms with E-state index < -0.39 is 5.54 Å². The van der Waals surface area contributed by atoms with E-state index in [0.717, 1.165) is 12.3 Å². The average Bonchev–Trinajstić information content (AvgIpc) is 2.27. The van der Waals surface area contributed by atoms with Gasteiger partial charge < -0.3 is 20.7 Å². The summed E-state index contributed by atoms with van der Waals surface area (Å²) in [5, 5.41) is 2.77. The van der Waals surface area contributed by atoms with Gasteiger partial charge in [0.1, 0.15) is 12.4 Å². The number of rotatable bonds is 6. The van der Waals surface area contributed by atoms with Gasteiger partial charge >= 0.3 is 0 Å². The summed E-state index contributed by atoms with van der Waals surface area (Å²) in [7, 11) is 3.98. The van der Waals surface area contributed by atoms with Crippen LogP contribution in [-0.2, 0) is 4.79 Å². The summed E-state index contributed by atoms with van der Waals surface area (Å²) in [4.78, 5) is 13.8. The monoisotopic (exact) mass is 337 g/mol. The van der Waals surface area contributed by atoms with E-state index in [2.05, 4.69) is 5.32 Å². The molecule has 0 saturated carbocycles. The molecular formula is C14H25Cl2N3O2. The minimum absolute atomic E-state index is 0. The second kappa shape index (κ2) is 9.84. The fraction of sp³-hybridized carbons (Fsp3) is 0.500. The van der Waals surface area contributed by atoms with Crippen molar-refractivity contribution >= 4 is 36.4 Å². The number of anilines is 1. The molecular weight excluding hydrogens is 313 g/mol. The third-order valence-corrected chi connectivity index (χ3v) is 2.48. The molecule has 122 valence electrons. The molecule has 0 aliphatic heterocycles. The Hall–Kier alpha value is -1.01. The second-order valence-electron chi connectivity index (χ2n) is 5.36. The van der Waals surface area contributed by atoms with E-state index in [1.54, 1.807) is 19.9 Å². The molecule has 1 amide bonds. The molecule has 1 aromatic carbocycles. The van der Waals surface area contributed by atoms with E-state index in [9.17, 15) is 4.79 Å². The van der Waals surface area contributed by atoms with Crippen molar-refractivity contribution in [2.75, 3.05) is 32.6 Å². The molecule has 3 N–H and O–H groups in total. The summed E-state index contributed by atoms with van der Waals surface area (Å²) in [5.74, 6) is 0.507. The quantitative estimate of drug-likeness (QED) is 0.834. The fourth-order valence-corrected chi connectivity index (χ4v) is 1.30. The zero-order chi connectivity index (χ0) is 14.5. The number of ether oxygens (including phenoxy) is 1. The SMILES string of the molecule is CN(C)CCOc1cccc(NC(=O)C(C)(C)N)c1.Cl.Cl. The molecule has 0 aliphatic rings. The first-order valence-electron chi connectivity index (χ1n) is 6.27. The van der Waals surface area contributed by atoms with Gasteiger partial charge in [0.25, 0.3) is 0 Å². The zero-order valence-corrected chi connectivity index (χ0v) is 14.5. The molecule has 0 unspecified atom stereocenters. The van der Waals surface area contributed by atoms with Crippen LogP contribution in [0.15, 0.2) is 24.3 Å². The van der Waals surface area contributed by atoms with E-state index in [0.29, 0.717) is 12.3 Å². The number of hydrogen-bond donors (Lipinski definition) is 2. The lowest BCUT2D eigenvalue weighted by molar-refractivity contribution is -0.120. The highest BCUT2D eigenvalue weighted by Crippen LogP contribution is 2.18. The fourth-order valence-electron chi connectivity index (χ4n) is 1.30. The van der Waals surface area contributed by atoms with Crippen LogP contribution in [0.1, 0.15) is 13.8 Å². The second-order valence-corrected chi connectivity index (χ2v) is 5.36. The van der Waals surface area contributed by atoms with E-state index >= 15 is 0 Å². The first-order chi connectivity index (χ1) is 8.79. The maximum atomic E-state index is 11.8. The van der Waals surface area contributed by atoms with Crippen molar-refractivity contribution in [3.05, 3.63) is 24.3 Å². The Morgan fingerprint density at radius 2 is 1.95 bits per heavy atom. The van der Waals surface area contributed by atoms with Gasteiger partial charge in [-0.1, -0.05) is 6.07 Å². The van der Waals surface area contributed by atoms with Gasteiger partial charge in [-0.25, -0.2) is 0 Å². The molecule has 21 heavy (non-hydrogen) atoms. The summed E-state index contributed by atoms with van der Waals surface area (Å²) in [6, 6.07) is 7.30. The predicted molar refractivity (Wildman–Crippen MR) is 91.9 cm³/mol. The number of benzene rings is 1. The van der Waals surface area contributed by atoms with Gasteiger partial charge in [0, 0.05) is 18.3 Å². The number of nitrogens with one attached hydrogen (secondary N) is 1. The van der Waals surface area contributed by atoms with Crippen molar-refractivity contribution < 1.29 is 9.53 Å². The molecule has 1 aromatic rings. The standard InChI is InChI=1S/C14H23N3O2.2ClH/c1-14(2,15)13(18)16-11-6-5-7-12(10-11)19-9-8-17(3)4;;/h5-7,10H,8-9,15H2,1-4H3,(H,16,18);2*1H. The number of carbonyl (C=O) groups is 1. The van der Waals surface area contributed by atoms with Crippen LogP contribution in [0.3, 0.4) is 0 Å². The van der Waals surface area contributed by atoms with Crippen molar-refractivity contribution in [1.82, 2.24) is 4.90 Å². The Morgan fingerprint density at radius 1 is 1.33 bits per heavy atom. The number of hydrogen-bond acceptors (Lipinski definition) is 4. The van der Waals surface area contributed by atoms with Crippen LogP contribution in [0.25, 0.3) is 0 Å². The van der Waals surface area contributed by atoms with Crippen LogP contribution in [0.2, 0.25) is 0 Å². The summed E-state index contributed by atoms with van der Waals surface area (Å²) in [5.41, 5.74) is 5.51. The Morgan fingerprint density at radius 3 is 2.48 bits per heavy atom. The molecule has 0 spiro atoms. The van der Waals surface area contributed by atoms with Crippen LogP contribution in [-0.4, -0.2) is 43.6 Å². The molecule has 5 nitrogen and oxygen atoms in total. The smallest absolute Gasteiger partial charge is 0.243 e. The summed E-state index contributed by atoms with van der Waals surface area (Å²) in [6.07, 6.45) is 0. The van der Waals surface area contributed by atoms with Crippen LogP contribution >= 0.6 is 24.8 Å². The number of amides is 1. The lowest BCUT2D eigenvalue weighted by Gasteiger charge is -2.18. The minimum Gasteiger partial charge on any atom is -0.492 e. The van der Waals surface area contributed by atoms with E-state index in [1.807, 2.05) is 37.2 Å². The summed E-state index contributed by atoms with van der Waals surface area (Å²) < 4.78 is 5.60. The molecule has 0 atom stereocenters. The number of carbonyl (C=O) groups excluding carboxylic acids is 1. The topological polar surface area (TPSA) is 67.6 Å². The van der Waals surface area contributed by atoms with E-state index in [1.165, 1.54) is 0 Å². The third-order valence-electron chi connectivity index (χ3n) is 2.48. The van der Waals surface area contributed by atoms with E-state index in [4.69, 9.17) is 10.5 Å². The number of halogens is 2. The lowest BCUT2D eigenvalue weighted by Crippen LogP contribution is -2.45. The largest absolute Gasteiger partial charge is 0.492 e. The van der Waals surface area contributed by atoms with Crippen LogP contribution < -0.4 is 15.8 Å². The van der Waals surface area contributed by atoms with Gasteiger partial charge in [0.05, 0.1) is 5.54 Å². The highest BCUT2D eigenvalue weighted by atomic mass is 35.5. The number of nitrogens with zero attached hydrogens (tertiary/aromatic N) is 1. The van der Waals surface area contributed by atoms with Crippen LogP contribution in [0.4, 0.5) is 5.69 Å². The minimum atomic E-state index is -0.901. The lowest BCUT2D eigenvalue weighted by atomic mass is 10.1. The summed E-state index contributed by atoms with van der Waals surface area (Å²) in [6.45, 7) is 4.78. The zero-order valence-electron chi connectivity index (χ0n) is 12.9. The first-order valence-corrected chi connectivity index (χ1v) is 6.27. The molecule has 0 bridgehead atoms. The van der Waals surface area contributed by atoms with Gasteiger partial charge in [-0.2, -0.15) is 0 Å². The Balaban J connectivity index is 0. The van der Waals surface area contributed by atoms with Crippen LogP contribution in [0, 0.1) is 0 Å². The van der Waals surface area contributed by atoms with Gasteiger partial charge in [0.15, 0.2) is 0 Å². The molecule has 7 heteroatoms. The number of nitrogens with two attached hydrogens (primary N) is 1. The van der Waals surface area contributed by atoms with Gasteiger partial charge in [-0.05, 0) is 40.1 Å². The molecule has 0 radical (unpaired) electrons. The first kappa shape index (κ1) is 22.3. The maximum absolute atomic E-state index is 11.8.